The molecule has 2 aromatic heterocycles. The van der Waals surface area contributed by atoms with Gasteiger partial charge >= 0.3 is 6.09 Å². The number of furan rings is 1. The number of carbonyl (C=O) groups is 1. The zero-order chi connectivity index (χ0) is 25.4. The summed E-state index contributed by atoms with van der Waals surface area (Å²) in [5.74, 6) is 1.27. The minimum atomic E-state index is -3.77. The Kier molecular flexibility index (Phi) is 6.60. The number of rotatable bonds is 6. The van der Waals surface area contributed by atoms with Gasteiger partial charge in [-0.1, -0.05) is 0 Å². The van der Waals surface area contributed by atoms with Crippen LogP contribution in [0.25, 0.3) is 11.1 Å². The molecule has 4 rings (SSSR count). The molecular weight excluding hydrogens is 472 g/mol. The largest absolute Gasteiger partial charge is 0.465 e. The molecule has 0 unspecified atom stereocenters. The molecule has 4 N–H and O–H groups in total. The van der Waals surface area contributed by atoms with Gasteiger partial charge in [-0.05, 0) is 63.8 Å². The Morgan fingerprint density at radius 1 is 1.20 bits per heavy atom. The van der Waals surface area contributed by atoms with Crippen molar-refractivity contribution in [2.24, 2.45) is 11.1 Å². The van der Waals surface area contributed by atoms with Gasteiger partial charge in [0.2, 0.25) is 16.0 Å². The second-order valence-corrected chi connectivity index (χ2v) is 11.3. The molecule has 1 fully saturated rings. The fourth-order valence-electron chi connectivity index (χ4n) is 4.20. The summed E-state index contributed by atoms with van der Waals surface area (Å²) in [6.07, 6.45) is 2.31. The van der Waals surface area contributed by atoms with Gasteiger partial charge in [-0.25, -0.2) is 23.3 Å². The predicted molar refractivity (Wildman–Crippen MR) is 132 cm³/mol. The van der Waals surface area contributed by atoms with E-state index in [9.17, 15) is 18.3 Å². The van der Waals surface area contributed by atoms with Gasteiger partial charge in [-0.15, -0.1) is 0 Å². The highest BCUT2D eigenvalue weighted by atomic mass is 32.2. The number of hydrogen-bond donors (Lipinski definition) is 3. The molecule has 188 valence electrons. The van der Waals surface area contributed by atoms with E-state index in [-0.39, 0.29) is 10.8 Å². The molecule has 0 bridgehead atoms. The van der Waals surface area contributed by atoms with Gasteiger partial charge in [0.05, 0.1) is 11.2 Å². The molecule has 11 nitrogen and oxygen atoms in total. The molecule has 0 radical (unpaired) electrons. The van der Waals surface area contributed by atoms with E-state index >= 15 is 0 Å². The quantitative estimate of drug-likeness (QED) is 0.458. The van der Waals surface area contributed by atoms with Crippen molar-refractivity contribution in [1.29, 1.82) is 0 Å². The van der Waals surface area contributed by atoms with E-state index in [1.165, 1.54) is 17.0 Å². The van der Waals surface area contributed by atoms with Crippen molar-refractivity contribution in [2.75, 3.05) is 29.9 Å². The molecule has 1 saturated heterocycles. The maximum Gasteiger partial charge on any atom is 0.407 e. The SMILES string of the molecule is CC(C)(C)N(CC1CCN(c2nc(Nc3ccc(S(N)(=O)=O)cc3)nc3ccoc23)CC1)C(=O)O. The van der Waals surface area contributed by atoms with Crippen molar-refractivity contribution < 1.29 is 22.7 Å². The topological polar surface area (TPSA) is 155 Å². The summed E-state index contributed by atoms with van der Waals surface area (Å²) in [5.41, 5.74) is 1.38. The second kappa shape index (κ2) is 9.34. The van der Waals surface area contributed by atoms with Gasteiger partial charge in [0.1, 0.15) is 5.52 Å². The van der Waals surface area contributed by atoms with Gasteiger partial charge in [0.15, 0.2) is 11.4 Å². The van der Waals surface area contributed by atoms with Crippen LogP contribution < -0.4 is 15.4 Å². The number of fused-ring (bicyclic) bond motifs is 1. The maximum absolute atomic E-state index is 11.7. The molecular formula is C23H30N6O5S. The number of sulfonamides is 1. The van der Waals surface area contributed by atoms with Crippen LogP contribution in [0, 0.1) is 5.92 Å². The van der Waals surface area contributed by atoms with Crippen LogP contribution in [-0.4, -0.2) is 59.7 Å². The van der Waals surface area contributed by atoms with Crippen LogP contribution in [0.5, 0.6) is 0 Å². The van der Waals surface area contributed by atoms with E-state index in [1.807, 2.05) is 20.8 Å². The lowest BCUT2D eigenvalue weighted by Crippen LogP contribution is -2.49. The lowest BCUT2D eigenvalue weighted by molar-refractivity contribution is 0.0852. The summed E-state index contributed by atoms with van der Waals surface area (Å²) < 4.78 is 28.6. The first-order valence-corrected chi connectivity index (χ1v) is 12.9. The fraction of sp³-hybridized carbons (Fsp3) is 0.435. The molecule has 0 aliphatic carbocycles. The standard InChI is InChI=1S/C23H30N6O5S/c1-23(2,3)29(22(30)31)14-15-8-11-28(12-9-15)20-19-18(10-13-34-19)26-21(27-20)25-16-4-6-17(7-5-16)35(24,32)33/h4-7,10,13,15H,8-9,11-12,14H2,1-3H3,(H,30,31)(H2,24,32,33)(H,25,26,27). The van der Waals surface area contributed by atoms with Crippen LogP contribution in [-0.2, 0) is 10.0 Å². The summed E-state index contributed by atoms with van der Waals surface area (Å²) in [6, 6.07) is 7.78. The number of nitrogens with one attached hydrogen (secondary N) is 1. The third-order valence-electron chi connectivity index (χ3n) is 6.12. The summed E-state index contributed by atoms with van der Waals surface area (Å²) >= 11 is 0. The monoisotopic (exact) mass is 502 g/mol. The molecule has 35 heavy (non-hydrogen) atoms. The van der Waals surface area contributed by atoms with E-state index in [4.69, 9.17) is 9.56 Å². The van der Waals surface area contributed by atoms with Gasteiger partial charge in [-0.3, -0.25) is 0 Å². The first kappa shape index (κ1) is 24.7. The first-order valence-electron chi connectivity index (χ1n) is 11.3. The number of aromatic nitrogens is 2. The summed E-state index contributed by atoms with van der Waals surface area (Å²) in [4.78, 5) is 24.6. The first-order chi connectivity index (χ1) is 16.4. The second-order valence-electron chi connectivity index (χ2n) is 9.69. The Morgan fingerprint density at radius 3 is 2.43 bits per heavy atom. The van der Waals surface area contributed by atoms with E-state index in [2.05, 4.69) is 20.2 Å². The predicted octanol–water partition coefficient (Wildman–Crippen LogP) is 3.61. The highest BCUT2D eigenvalue weighted by Gasteiger charge is 2.31. The number of nitrogens with two attached hydrogens (primary N) is 1. The number of hydrogen-bond acceptors (Lipinski definition) is 8. The molecule has 0 saturated carbocycles. The Labute approximate surface area is 204 Å². The van der Waals surface area contributed by atoms with Crippen LogP contribution in [0.15, 0.2) is 45.9 Å². The molecule has 0 spiro atoms. The minimum Gasteiger partial charge on any atom is -0.465 e. The molecule has 3 heterocycles. The average molecular weight is 503 g/mol. The van der Waals surface area contributed by atoms with Crippen molar-refractivity contribution in [3.8, 4) is 0 Å². The minimum absolute atomic E-state index is 0.0192. The Bertz CT molecular complexity index is 1310. The van der Waals surface area contributed by atoms with E-state index < -0.39 is 21.7 Å². The number of amides is 1. The van der Waals surface area contributed by atoms with E-state index in [0.717, 1.165) is 12.8 Å². The third kappa shape index (κ3) is 5.65. The van der Waals surface area contributed by atoms with Crippen LogP contribution in [0.2, 0.25) is 0 Å². The zero-order valence-corrected chi connectivity index (χ0v) is 20.7. The molecule has 1 aliphatic rings. The van der Waals surface area contributed by atoms with Crippen molar-refractivity contribution in [2.45, 2.75) is 44.0 Å². The van der Waals surface area contributed by atoms with Crippen LogP contribution in [0.1, 0.15) is 33.6 Å². The number of nitrogens with zero attached hydrogens (tertiary/aromatic N) is 4. The van der Waals surface area contributed by atoms with E-state index in [1.54, 1.807) is 24.5 Å². The lowest BCUT2D eigenvalue weighted by Gasteiger charge is -2.39. The Morgan fingerprint density at radius 2 is 1.86 bits per heavy atom. The van der Waals surface area contributed by atoms with Crippen LogP contribution >= 0.6 is 0 Å². The lowest BCUT2D eigenvalue weighted by atomic mass is 9.94. The highest BCUT2D eigenvalue weighted by Crippen LogP contribution is 2.31. The van der Waals surface area contributed by atoms with Gasteiger partial charge < -0.3 is 24.6 Å². The Balaban J connectivity index is 1.50. The smallest absolute Gasteiger partial charge is 0.407 e. The van der Waals surface area contributed by atoms with Crippen molar-refractivity contribution >= 4 is 44.7 Å². The van der Waals surface area contributed by atoms with Crippen LogP contribution in [0.3, 0.4) is 0 Å². The van der Waals surface area contributed by atoms with Crippen LogP contribution in [0.4, 0.5) is 22.2 Å². The number of primary sulfonamides is 1. The fourth-order valence-corrected chi connectivity index (χ4v) is 4.72. The molecule has 3 aromatic rings. The van der Waals surface area contributed by atoms with Crippen molar-refractivity contribution in [1.82, 2.24) is 14.9 Å². The molecule has 0 atom stereocenters. The molecule has 1 aromatic carbocycles. The van der Waals surface area contributed by atoms with Gasteiger partial charge in [0.25, 0.3) is 0 Å². The molecule has 1 aliphatic heterocycles. The van der Waals surface area contributed by atoms with Gasteiger partial charge in [0, 0.05) is 36.9 Å². The molecule has 12 heteroatoms. The third-order valence-corrected chi connectivity index (χ3v) is 7.05. The zero-order valence-electron chi connectivity index (χ0n) is 19.9. The number of piperidine rings is 1. The van der Waals surface area contributed by atoms with Crippen molar-refractivity contribution in [3.05, 3.63) is 36.6 Å². The summed E-state index contributed by atoms with van der Waals surface area (Å²) in [5, 5.41) is 17.9. The Hall–Kier alpha value is -3.38. The summed E-state index contributed by atoms with van der Waals surface area (Å²) in [7, 11) is -3.77. The highest BCUT2D eigenvalue weighted by molar-refractivity contribution is 7.89. The van der Waals surface area contributed by atoms with Gasteiger partial charge in [-0.2, -0.15) is 4.98 Å². The number of anilines is 3. The van der Waals surface area contributed by atoms with Crippen molar-refractivity contribution in [3.63, 3.8) is 0 Å². The van der Waals surface area contributed by atoms with E-state index in [0.29, 0.717) is 48.2 Å². The molecule has 1 amide bonds. The number of carboxylic acid groups (broad SMARTS) is 1. The summed E-state index contributed by atoms with van der Waals surface area (Å²) in [6.45, 7) is 7.62. The maximum atomic E-state index is 11.7. The number of benzene rings is 1. The average Bonchev–Trinajstić information content (AvgIpc) is 3.25. The normalized spacial score (nSPS) is 15.4.